The van der Waals surface area contributed by atoms with E-state index in [1.54, 1.807) is 12.1 Å². The SMILES string of the molecule is C=CC(=O)OC(O)(Cc1ccco1)C(C)O. The third kappa shape index (κ3) is 2.95. The van der Waals surface area contributed by atoms with Crippen molar-refractivity contribution in [3.63, 3.8) is 0 Å². The largest absolute Gasteiger partial charge is 0.469 e. The van der Waals surface area contributed by atoms with Crippen molar-refractivity contribution in [2.45, 2.75) is 25.2 Å². The second-order valence-corrected chi connectivity index (χ2v) is 3.40. The molecule has 0 saturated heterocycles. The summed E-state index contributed by atoms with van der Waals surface area (Å²) >= 11 is 0. The number of hydrogen-bond donors (Lipinski definition) is 2. The van der Waals surface area contributed by atoms with Crippen LogP contribution in [0.2, 0.25) is 0 Å². The van der Waals surface area contributed by atoms with Gasteiger partial charge in [-0.1, -0.05) is 6.58 Å². The topological polar surface area (TPSA) is 79.9 Å². The van der Waals surface area contributed by atoms with Gasteiger partial charge in [0.05, 0.1) is 12.7 Å². The number of ether oxygens (including phenoxy) is 1. The molecule has 2 N–H and O–H groups in total. The monoisotopic (exact) mass is 226 g/mol. The van der Waals surface area contributed by atoms with Crippen molar-refractivity contribution < 1.29 is 24.2 Å². The Morgan fingerprint density at radius 2 is 2.50 bits per heavy atom. The summed E-state index contributed by atoms with van der Waals surface area (Å²) in [6.45, 7) is 4.53. The van der Waals surface area contributed by atoms with Gasteiger partial charge in [-0.3, -0.25) is 0 Å². The Morgan fingerprint density at radius 3 is 2.94 bits per heavy atom. The standard InChI is InChI=1S/C11H14O5/c1-3-10(13)16-11(14,8(2)12)7-9-5-4-6-15-9/h3-6,8,12,14H,1,7H2,2H3. The van der Waals surface area contributed by atoms with Crippen molar-refractivity contribution >= 4 is 5.97 Å². The lowest BCUT2D eigenvalue weighted by molar-refractivity contribution is -0.240. The van der Waals surface area contributed by atoms with Crippen LogP contribution in [0.25, 0.3) is 0 Å². The van der Waals surface area contributed by atoms with Gasteiger partial charge in [0.15, 0.2) is 0 Å². The van der Waals surface area contributed by atoms with E-state index >= 15 is 0 Å². The number of aliphatic hydroxyl groups is 2. The van der Waals surface area contributed by atoms with Crippen LogP contribution in [0.5, 0.6) is 0 Å². The number of rotatable bonds is 5. The molecule has 0 saturated carbocycles. The predicted octanol–water partition coefficient (Wildman–Crippen LogP) is 0.621. The van der Waals surface area contributed by atoms with E-state index in [1.165, 1.54) is 13.2 Å². The summed E-state index contributed by atoms with van der Waals surface area (Å²) in [6.07, 6.45) is 0.960. The molecule has 0 radical (unpaired) electrons. The average Bonchev–Trinajstić information content (AvgIpc) is 2.69. The lowest BCUT2D eigenvalue weighted by Crippen LogP contribution is -2.46. The fourth-order valence-electron chi connectivity index (χ4n) is 1.15. The third-order valence-corrected chi connectivity index (χ3v) is 2.10. The lowest BCUT2D eigenvalue weighted by atomic mass is 10.1. The van der Waals surface area contributed by atoms with Gasteiger partial charge < -0.3 is 19.4 Å². The molecular formula is C11H14O5. The Kier molecular flexibility index (Phi) is 3.87. The molecule has 1 rings (SSSR count). The highest BCUT2D eigenvalue weighted by atomic mass is 16.7. The van der Waals surface area contributed by atoms with E-state index in [1.807, 2.05) is 0 Å². The van der Waals surface area contributed by atoms with Crippen LogP contribution in [0.1, 0.15) is 12.7 Å². The molecule has 5 nitrogen and oxygen atoms in total. The van der Waals surface area contributed by atoms with Crippen molar-refractivity contribution in [3.8, 4) is 0 Å². The fourth-order valence-corrected chi connectivity index (χ4v) is 1.15. The van der Waals surface area contributed by atoms with E-state index in [9.17, 15) is 15.0 Å². The fraction of sp³-hybridized carbons (Fsp3) is 0.364. The maximum atomic E-state index is 11.0. The van der Waals surface area contributed by atoms with E-state index < -0.39 is 17.9 Å². The summed E-state index contributed by atoms with van der Waals surface area (Å²) < 4.78 is 9.72. The van der Waals surface area contributed by atoms with Crippen molar-refractivity contribution in [3.05, 3.63) is 36.8 Å². The molecule has 16 heavy (non-hydrogen) atoms. The van der Waals surface area contributed by atoms with Crippen molar-refractivity contribution in [2.75, 3.05) is 0 Å². The number of furan rings is 1. The predicted molar refractivity (Wildman–Crippen MR) is 55.3 cm³/mol. The van der Waals surface area contributed by atoms with E-state index in [-0.39, 0.29) is 6.42 Å². The first-order valence-corrected chi connectivity index (χ1v) is 4.76. The van der Waals surface area contributed by atoms with Crippen LogP contribution in [-0.4, -0.2) is 28.1 Å². The van der Waals surface area contributed by atoms with Gasteiger partial charge in [-0.2, -0.15) is 0 Å². The van der Waals surface area contributed by atoms with Crippen LogP contribution in [0, 0.1) is 0 Å². The second-order valence-electron chi connectivity index (χ2n) is 3.40. The molecule has 0 fully saturated rings. The molecule has 0 aliphatic carbocycles. The zero-order valence-corrected chi connectivity index (χ0v) is 8.92. The van der Waals surface area contributed by atoms with Gasteiger partial charge in [0.25, 0.3) is 0 Å². The highest BCUT2D eigenvalue weighted by Gasteiger charge is 2.37. The van der Waals surface area contributed by atoms with Gasteiger partial charge in [0, 0.05) is 6.08 Å². The minimum absolute atomic E-state index is 0.128. The first kappa shape index (κ1) is 12.5. The maximum absolute atomic E-state index is 11.0. The molecular weight excluding hydrogens is 212 g/mol. The van der Waals surface area contributed by atoms with Crippen LogP contribution in [0.4, 0.5) is 0 Å². The van der Waals surface area contributed by atoms with Crippen LogP contribution < -0.4 is 0 Å². The van der Waals surface area contributed by atoms with Gasteiger partial charge in [0.2, 0.25) is 5.79 Å². The molecule has 1 heterocycles. The molecule has 88 valence electrons. The Hall–Kier alpha value is -1.59. The highest BCUT2D eigenvalue weighted by molar-refractivity contribution is 5.81. The van der Waals surface area contributed by atoms with Gasteiger partial charge in [-0.05, 0) is 19.1 Å². The molecule has 0 spiro atoms. The molecule has 0 bridgehead atoms. The summed E-state index contributed by atoms with van der Waals surface area (Å²) in [4.78, 5) is 11.0. The highest BCUT2D eigenvalue weighted by Crippen LogP contribution is 2.20. The second kappa shape index (κ2) is 4.96. The van der Waals surface area contributed by atoms with E-state index in [4.69, 9.17) is 9.15 Å². The third-order valence-electron chi connectivity index (χ3n) is 2.10. The average molecular weight is 226 g/mol. The quantitative estimate of drug-likeness (QED) is 0.437. The minimum atomic E-state index is -2.01. The van der Waals surface area contributed by atoms with Gasteiger partial charge in [-0.15, -0.1) is 0 Å². The maximum Gasteiger partial charge on any atom is 0.332 e. The number of carbonyl (C=O) groups excluding carboxylic acids is 1. The Balaban J connectivity index is 2.80. The Morgan fingerprint density at radius 1 is 1.81 bits per heavy atom. The Bertz CT molecular complexity index is 354. The molecule has 2 unspecified atom stereocenters. The molecule has 1 aromatic rings. The van der Waals surface area contributed by atoms with E-state index in [0.717, 1.165) is 6.08 Å². The summed E-state index contributed by atoms with van der Waals surface area (Å²) in [6, 6.07) is 3.24. The van der Waals surface area contributed by atoms with Crippen LogP contribution in [0.3, 0.4) is 0 Å². The Labute approximate surface area is 93.0 Å². The number of carbonyl (C=O) groups is 1. The van der Waals surface area contributed by atoms with Gasteiger partial charge in [-0.25, -0.2) is 4.79 Å². The first-order chi connectivity index (χ1) is 7.48. The van der Waals surface area contributed by atoms with Crippen molar-refractivity contribution in [1.29, 1.82) is 0 Å². The van der Waals surface area contributed by atoms with Gasteiger partial charge in [0.1, 0.15) is 11.9 Å². The van der Waals surface area contributed by atoms with Gasteiger partial charge >= 0.3 is 5.97 Å². The molecule has 2 atom stereocenters. The molecule has 0 aliphatic heterocycles. The summed E-state index contributed by atoms with van der Waals surface area (Å²) in [5.41, 5.74) is 0. The lowest BCUT2D eigenvalue weighted by Gasteiger charge is -2.29. The zero-order chi connectivity index (χ0) is 12.2. The van der Waals surface area contributed by atoms with Crippen molar-refractivity contribution in [1.82, 2.24) is 0 Å². The smallest absolute Gasteiger partial charge is 0.332 e. The van der Waals surface area contributed by atoms with Crippen LogP contribution >= 0.6 is 0 Å². The molecule has 0 amide bonds. The summed E-state index contributed by atoms with van der Waals surface area (Å²) in [5, 5.41) is 19.4. The zero-order valence-electron chi connectivity index (χ0n) is 8.92. The van der Waals surface area contributed by atoms with E-state index in [2.05, 4.69) is 6.58 Å². The number of esters is 1. The van der Waals surface area contributed by atoms with E-state index in [0.29, 0.717) is 5.76 Å². The number of hydrogen-bond acceptors (Lipinski definition) is 5. The van der Waals surface area contributed by atoms with Crippen LogP contribution in [-0.2, 0) is 16.0 Å². The normalized spacial score (nSPS) is 16.2. The summed E-state index contributed by atoms with van der Waals surface area (Å²) in [5.74, 6) is -2.42. The molecule has 1 aromatic heterocycles. The first-order valence-electron chi connectivity index (χ1n) is 4.76. The molecule has 5 heteroatoms. The molecule has 0 aromatic carbocycles. The van der Waals surface area contributed by atoms with Crippen molar-refractivity contribution in [2.24, 2.45) is 0 Å². The number of aliphatic hydroxyl groups excluding tert-OH is 1. The summed E-state index contributed by atoms with van der Waals surface area (Å²) in [7, 11) is 0. The minimum Gasteiger partial charge on any atom is -0.469 e. The molecule has 0 aliphatic rings. The van der Waals surface area contributed by atoms with Crippen LogP contribution in [0.15, 0.2) is 35.5 Å².